The van der Waals surface area contributed by atoms with Gasteiger partial charge in [-0.05, 0) is 58.9 Å². The third-order valence-electron chi connectivity index (χ3n) is 3.54. The van der Waals surface area contributed by atoms with Crippen molar-refractivity contribution < 1.29 is 4.74 Å². The summed E-state index contributed by atoms with van der Waals surface area (Å²) in [5.41, 5.74) is 4.08. The molecule has 0 N–H and O–H groups in total. The molecule has 0 aromatic heterocycles. The molecule has 0 radical (unpaired) electrons. The summed E-state index contributed by atoms with van der Waals surface area (Å²) < 4.78 is 5.42. The van der Waals surface area contributed by atoms with Crippen molar-refractivity contribution >= 4 is 10.8 Å². The summed E-state index contributed by atoms with van der Waals surface area (Å²) >= 11 is 0. The van der Waals surface area contributed by atoms with Gasteiger partial charge in [-0.2, -0.15) is 0 Å². The van der Waals surface area contributed by atoms with Crippen molar-refractivity contribution in [3.63, 3.8) is 0 Å². The summed E-state index contributed by atoms with van der Waals surface area (Å²) in [6, 6.07) is 8.95. The quantitative estimate of drug-likeness (QED) is 0.700. The molecule has 0 amide bonds. The molecule has 0 heterocycles. The number of hydrogen-bond acceptors (Lipinski definition) is 1. The standard InChI is InChI=1S/C17H22O/c1-11-7-14(17(3,4)5)9-13-10-16(18-6)12(2)8-15(11)13/h7-10H,1-6H3. The Labute approximate surface area is 110 Å². The van der Waals surface area contributed by atoms with Crippen LogP contribution in [-0.4, -0.2) is 7.11 Å². The number of fused-ring (bicyclic) bond motifs is 1. The monoisotopic (exact) mass is 242 g/mol. The van der Waals surface area contributed by atoms with E-state index in [4.69, 9.17) is 4.74 Å². The Morgan fingerprint density at radius 2 is 1.56 bits per heavy atom. The van der Waals surface area contributed by atoms with Gasteiger partial charge in [0.25, 0.3) is 0 Å². The molecule has 0 aliphatic rings. The molecule has 0 aliphatic heterocycles. The van der Waals surface area contributed by atoms with Gasteiger partial charge in [0, 0.05) is 0 Å². The first-order valence-electron chi connectivity index (χ1n) is 6.42. The van der Waals surface area contributed by atoms with Gasteiger partial charge in [0.2, 0.25) is 0 Å². The average molecular weight is 242 g/mol. The van der Waals surface area contributed by atoms with Gasteiger partial charge in [-0.15, -0.1) is 0 Å². The first kappa shape index (κ1) is 12.9. The van der Waals surface area contributed by atoms with Crippen LogP contribution in [0.4, 0.5) is 0 Å². The molecule has 96 valence electrons. The topological polar surface area (TPSA) is 9.23 Å². The van der Waals surface area contributed by atoms with E-state index in [-0.39, 0.29) is 5.41 Å². The van der Waals surface area contributed by atoms with Gasteiger partial charge in [-0.1, -0.05) is 32.9 Å². The molecule has 0 bridgehead atoms. The normalized spacial score (nSPS) is 11.9. The number of rotatable bonds is 1. The van der Waals surface area contributed by atoms with Crippen LogP contribution in [0, 0.1) is 13.8 Å². The highest BCUT2D eigenvalue weighted by molar-refractivity contribution is 5.88. The van der Waals surface area contributed by atoms with Crippen LogP contribution >= 0.6 is 0 Å². The Morgan fingerprint density at radius 3 is 2.11 bits per heavy atom. The number of aryl methyl sites for hydroxylation is 2. The van der Waals surface area contributed by atoms with Crippen LogP contribution in [0.15, 0.2) is 24.3 Å². The molecule has 2 aromatic carbocycles. The summed E-state index contributed by atoms with van der Waals surface area (Å²) in [5.74, 6) is 0.966. The number of benzene rings is 2. The van der Waals surface area contributed by atoms with Crippen LogP contribution in [0.5, 0.6) is 5.75 Å². The molecule has 18 heavy (non-hydrogen) atoms. The first-order valence-corrected chi connectivity index (χ1v) is 6.42. The van der Waals surface area contributed by atoms with Crippen LogP contribution in [0.2, 0.25) is 0 Å². The highest BCUT2D eigenvalue weighted by Gasteiger charge is 2.15. The van der Waals surface area contributed by atoms with E-state index in [1.807, 2.05) is 0 Å². The molecule has 1 nitrogen and oxygen atoms in total. The van der Waals surface area contributed by atoms with Crippen molar-refractivity contribution in [2.75, 3.05) is 7.11 Å². The maximum absolute atomic E-state index is 5.42. The van der Waals surface area contributed by atoms with Gasteiger partial charge >= 0.3 is 0 Å². The van der Waals surface area contributed by atoms with Gasteiger partial charge in [-0.25, -0.2) is 0 Å². The molecular formula is C17H22O. The Balaban J connectivity index is 2.75. The van der Waals surface area contributed by atoms with Gasteiger partial charge in [-0.3, -0.25) is 0 Å². The number of hydrogen-bond donors (Lipinski definition) is 0. The molecule has 1 heteroatoms. The fourth-order valence-corrected chi connectivity index (χ4v) is 2.34. The van der Waals surface area contributed by atoms with E-state index < -0.39 is 0 Å². The third kappa shape index (κ3) is 2.22. The fourth-order valence-electron chi connectivity index (χ4n) is 2.34. The van der Waals surface area contributed by atoms with Crippen molar-refractivity contribution in [1.29, 1.82) is 0 Å². The Kier molecular flexibility index (Phi) is 3.10. The maximum Gasteiger partial charge on any atom is 0.122 e. The minimum Gasteiger partial charge on any atom is -0.496 e. The molecule has 2 rings (SSSR count). The van der Waals surface area contributed by atoms with Gasteiger partial charge < -0.3 is 4.74 Å². The molecule has 0 saturated carbocycles. The lowest BCUT2D eigenvalue weighted by Crippen LogP contribution is -2.11. The van der Waals surface area contributed by atoms with Crippen LogP contribution in [-0.2, 0) is 5.41 Å². The molecular weight excluding hydrogens is 220 g/mol. The predicted octanol–water partition coefficient (Wildman–Crippen LogP) is 4.76. The molecule has 0 fully saturated rings. The van der Waals surface area contributed by atoms with E-state index in [2.05, 4.69) is 58.9 Å². The predicted molar refractivity (Wildman–Crippen MR) is 78.7 cm³/mol. The van der Waals surface area contributed by atoms with E-state index in [0.29, 0.717) is 0 Å². The van der Waals surface area contributed by atoms with Crippen molar-refractivity contribution in [3.05, 3.63) is 41.0 Å². The second-order valence-corrected chi connectivity index (χ2v) is 6.09. The Hall–Kier alpha value is -1.50. The number of methoxy groups -OCH3 is 1. The van der Waals surface area contributed by atoms with Crippen LogP contribution in [0.3, 0.4) is 0 Å². The lowest BCUT2D eigenvalue weighted by Gasteiger charge is -2.21. The lowest BCUT2D eigenvalue weighted by molar-refractivity contribution is 0.412. The zero-order chi connectivity index (χ0) is 13.5. The highest BCUT2D eigenvalue weighted by atomic mass is 16.5. The van der Waals surface area contributed by atoms with E-state index in [1.165, 1.54) is 27.5 Å². The SMILES string of the molecule is COc1cc2cc(C(C)(C)C)cc(C)c2cc1C. The van der Waals surface area contributed by atoms with Crippen molar-refractivity contribution in [1.82, 2.24) is 0 Å². The van der Waals surface area contributed by atoms with Crippen molar-refractivity contribution in [3.8, 4) is 5.75 Å². The second-order valence-electron chi connectivity index (χ2n) is 6.09. The van der Waals surface area contributed by atoms with E-state index in [1.54, 1.807) is 7.11 Å². The van der Waals surface area contributed by atoms with Crippen LogP contribution < -0.4 is 4.74 Å². The molecule has 0 aliphatic carbocycles. The van der Waals surface area contributed by atoms with Crippen molar-refractivity contribution in [2.24, 2.45) is 0 Å². The molecule has 0 saturated heterocycles. The largest absolute Gasteiger partial charge is 0.496 e. The first-order chi connectivity index (χ1) is 8.32. The summed E-state index contributed by atoms with van der Waals surface area (Å²) in [7, 11) is 1.73. The Morgan fingerprint density at radius 1 is 0.889 bits per heavy atom. The van der Waals surface area contributed by atoms with Gasteiger partial charge in [0.15, 0.2) is 0 Å². The zero-order valence-corrected chi connectivity index (χ0v) is 12.2. The summed E-state index contributed by atoms with van der Waals surface area (Å²) in [6.45, 7) is 11.0. The van der Waals surface area contributed by atoms with Crippen LogP contribution in [0.25, 0.3) is 10.8 Å². The molecule has 0 atom stereocenters. The number of ether oxygens (including phenoxy) is 1. The smallest absolute Gasteiger partial charge is 0.122 e. The Bertz CT molecular complexity index is 589. The third-order valence-corrected chi connectivity index (χ3v) is 3.54. The van der Waals surface area contributed by atoms with E-state index >= 15 is 0 Å². The van der Waals surface area contributed by atoms with E-state index in [9.17, 15) is 0 Å². The molecule has 0 unspecified atom stereocenters. The summed E-state index contributed by atoms with van der Waals surface area (Å²) in [6.07, 6.45) is 0. The fraction of sp³-hybridized carbons (Fsp3) is 0.412. The maximum atomic E-state index is 5.42. The van der Waals surface area contributed by atoms with Crippen LogP contribution in [0.1, 0.15) is 37.5 Å². The minimum atomic E-state index is 0.178. The van der Waals surface area contributed by atoms with Crippen molar-refractivity contribution in [2.45, 2.75) is 40.0 Å². The zero-order valence-electron chi connectivity index (χ0n) is 12.2. The van der Waals surface area contributed by atoms with Gasteiger partial charge in [0.1, 0.15) is 5.75 Å². The lowest BCUT2D eigenvalue weighted by atomic mass is 9.84. The molecule has 0 spiro atoms. The van der Waals surface area contributed by atoms with E-state index in [0.717, 1.165) is 5.75 Å². The second kappa shape index (κ2) is 4.31. The highest BCUT2D eigenvalue weighted by Crippen LogP contribution is 2.32. The minimum absolute atomic E-state index is 0.178. The summed E-state index contributed by atoms with van der Waals surface area (Å²) in [4.78, 5) is 0. The van der Waals surface area contributed by atoms with Gasteiger partial charge in [0.05, 0.1) is 7.11 Å². The molecule has 2 aromatic rings. The average Bonchev–Trinajstić information content (AvgIpc) is 2.28. The summed E-state index contributed by atoms with van der Waals surface area (Å²) in [5, 5.41) is 2.59.